The van der Waals surface area contributed by atoms with Crippen LogP contribution in [-0.2, 0) is 27.9 Å². The molecule has 3 rings (SSSR count). The molecule has 1 N–H and O–H groups in total. The number of amides is 1. The van der Waals surface area contributed by atoms with Gasteiger partial charge >= 0.3 is 0 Å². The predicted octanol–water partition coefficient (Wildman–Crippen LogP) is 1.27. The summed E-state index contributed by atoms with van der Waals surface area (Å²) in [6.07, 6.45) is 4.68. The fourth-order valence-electron chi connectivity index (χ4n) is 4.01. The van der Waals surface area contributed by atoms with Crippen molar-refractivity contribution in [1.29, 1.82) is 0 Å². The average molecular weight is 337 g/mol. The van der Waals surface area contributed by atoms with E-state index < -0.39 is 0 Å². The van der Waals surface area contributed by atoms with Crippen LogP contribution in [-0.4, -0.2) is 54.8 Å². The zero-order valence-electron chi connectivity index (χ0n) is 14.7. The number of nitrogens with one attached hydrogen (secondary N) is 1. The molecule has 1 spiro atoms. The minimum Gasteiger partial charge on any atom is -0.381 e. The summed E-state index contributed by atoms with van der Waals surface area (Å²) in [6, 6.07) is 0.126. The predicted molar refractivity (Wildman–Crippen MR) is 87.7 cm³/mol. The number of aromatic nitrogens is 2. The largest absolute Gasteiger partial charge is 0.381 e. The molecular formula is C17H27N3O4. The lowest BCUT2D eigenvalue weighted by atomic mass is 9.57. The van der Waals surface area contributed by atoms with E-state index in [4.69, 9.17) is 14.2 Å². The first-order valence-electron chi connectivity index (χ1n) is 8.62. The summed E-state index contributed by atoms with van der Waals surface area (Å²) in [5, 5.41) is 7.52. The van der Waals surface area contributed by atoms with Crippen molar-refractivity contribution in [2.24, 2.45) is 12.5 Å². The maximum absolute atomic E-state index is 12.8. The van der Waals surface area contributed by atoms with E-state index in [1.807, 2.05) is 14.0 Å². The van der Waals surface area contributed by atoms with Crippen LogP contribution < -0.4 is 5.32 Å². The van der Waals surface area contributed by atoms with E-state index in [9.17, 15) is 4.79 Å². The lowest BCUT2D eigenvalue weighted by Gasteiger charge is -2.57. The summed E-state index contributed by atoms with van der Waals surface area (Å²) in [7, 11) is 3.41. The van der Waals surface area contributed by atoms with Crippen molar-refractivity contribution < 1.29 is 19.0 Å². The van der Waals surface area contributed by atoms with Crippen LogP contribution in [0.4, 0.5) is 0 Å². The zero-order chi connectivity index (χ0) is 17.2. The second-order valence-corrected chi connectivity index (χ2v) is 6.65. The first kappa shape index (κ1) is 17.4. The van der Waals surface area contributed by atoms with E-state index in [2.05, 4.69) is 10.4 Å². The molecule has 24 heavy (non-hydrogen) atoms. The summed E-state index contributed by atoms with van der Waals surface area (Å²) >= 11 is 0. The molecule has 0 unspecified atom stereocenters. The first-order chi connectivity index (χ1) is 11.6. The molecule has 1 amide bonds. The van der Waals surface area contributed by atoms with Gasteiger partial charge in [-0.1, -0.05) is 0 Å². The van der Waals surface area contributed by atoms with Crippen LogP contribution in [0, 0.1) is 5.41 Å². The van der Waals surface area contributed by atoms with Crippen LogP contribution in [0.3, 0.4) is 0 Å². The highest BCUT2D eigenvalue weighted by molar-refractivity contribution is 5.95. The van der Waals surface area contributed by atoms with Gasteiger partial charge in [0.15, 0.2) is 0 Å². The zero-order valence-corrected chi connectivity index (χ0v) is 14.7. The monoisotopic (exact) mass is 337 g/mol. The van der Waals surface area contributed by atoms with Gasteiger partial charge in [0.25, 0.3) is 5.91 Å². The van der Waals surface area contributed by atoms with Crippen molar-refractivity contribution in [3.8, 4) is 0 Å². The van der Waals surface area contributed by atoms with Gasteiger partial charge in [0.1, 0.15) is 5.69 Å². The maximum atomic E-state index is 12.8. The minimum absolute atomic E-state index is 0.00749. The maximum Gasteiger partial charge on any atom is 0.255 e. The lowest BCUT2D eigenvalue weighted by Crippen LogP contribution is -2.66. The Morgan fingerprint density at radius 2 is 2.25 bits per heavy atom. The van der Waals surface area contributed by atoms with Crippen molar-refractivity contribution >= 4 is 5.91 Å². The van der Waals surface area contributed by atoms with E-state index in [1.54, 1.807) is 18.0 Å². The van der Waals surface area contributed by atoms with Crippen molar-refractivity contribution in [2.75, 3.05) is 26.9 Å². The molecule has 2 fully saturated rings. The van der Waals surface area contributed by atoms with Gasteiger partial charge in [-0.2, -0.15) is 5.10 Å². The molecule has 1 aliphatic heterocycles. The quantitative estimate of drug-likeness (QED) is 0.846. The second-order valence-electron chi connectivity index (χ2n) is 6.65. The van der Waals surface area contributed by atoms with Gasteiger partial charge in [-0.3, -0.25) is 9.48 Å². The van der Waals surface area contributed by atoms with Crippen molar-refractivity contribution in [2.45, 2.75) is 44.9 Å². The Morgan fingerprint density at radius 3 is 2.92 bits per heavy atom. The number of aryl methyl sites for hydroxylation is 1. The number of hydrogen-bond acceptors (Lipinski definition) is 5. The Hall–Kier alpha value is -1.44. The van der Waals surface area contributed by atoms with E-state index >= 15 is 0 Å². The molecule has 7 nitrogen and oxygen atoms in total. The Morgan fingerprint density at radius 1 is 1.50 bits per heavy atom. The number of rotatable bonds is 6. The van der Waals surface area contributed by atoms with Crippen LogP contribution in [0.5, 0.6) is 0 Å². The number of hydrogen-bond donors (Lipinski definition) is 1. The summed E-state index contributed by atoms with van der Waals surface area (Å²) in [4.78, 5) is 12.8. The number of carbonyl (C=O) groups excluding carboxylic acids is 1. The molecule has 0 aromatic carbocycles. The normalized spacial score (nSPS) is 25.5. The molecule has 1 saturated carbocycles. The molecular weight excluding hydrogens is 310 g/mol. The molecule has 134 valence electrons. The summed E-state index contributed by atoms with van der Waals surface area (Å²) in [6.45, 7) is 4.52. The molecule has 0 radical (unpaired) electrons. The standard InChI is InChI=1S/C17H27N3O4/c1-4-24-15-9-14(17(15)5-7-23-8-6-17)18-16(21)12-10-20(2)19-13(12)11-22-3/h10,14-15H,4-9,11H2,1-3H3,(H,18,21)/t14-,15-/m1/s1. The fourth-order valence-corrected chi connectivity index (χ4v) is 4.01. The van der Waals surface area contributed by atoms with Crippen molar-refractivity contribution in [3.05, 3.63) is 17.5 Å². The van der Waals surface area contributed by atoms with Gasteiger partial charge in [0, 0.05) is 51.6 Å². The fraction of sp³-hybridized carbons (Fsp3) is 0.765. The molecule has 2 atom stereocenters. The third-order valence-corrected chi connectivity index (χ3v) is 5.31. The summed E-state index contributed by atoms with van der Waals surface area (Å²) in [5.41, 5.74) is 1.26. The highest BCUT2D eigenvalue weighted by Crippen LogP contribution is 2.50. The van der Waals surface area contributed by atoms with E-state index in [0.29, 0.717) is 24.5 Å². The molecule has 1 aromatic heterocycles. The molecule has 1 saturated heterocycles. The van der Waals surface area contributed by atoms with Crippen molar-refractivity contribution in [1.82, 2.24) is 15.1 Å². The van der Waals surface area contributed by atoms with Crippen molar-refractivity contribution in [3.63, 3.8) is 0 Å². The van der Waals surface area contributed by atoms with Gasteiger partial charge in [0.05, 0.1) is 18.3 Å². The van der Waals surface area contributed by atoms with Gasteiger partial charge in [-0.25, -0.2) is 0 Å². The van der Waals surface area contributed by atoms with Crippen LogP contribution in [0.1, 0.15) is 42.2 Å². The number of ether oxygens (including phenoxy) is 3. The Bertz CT molecular complexity index is 580. The topological polar surface area (TPSA) is 74.6 Å². The number of carbonyl (C=O) groups is 1. The van der Waals surface area contributed by atoms with E-state index in [0.717, 1.165) is 32.5 Å². The molecule has 1 aromatic rings. The van der Waals surface area contributed by atoms with E-state index in [1.165, 1.54) is 0 Å². The number of nitrogens with zero attached hydrogens (tertiary/aromatic N) is 2. The third kappa shape index (κ3) is 3.08. The SMILES string of the molecule is CCO[C@@H]1C[C@@H](NC(=O)c2cn(C)nc2COC)C12CCOCC2. The van der Waals surface area contributed by atoms with Crippen LogP contribution in [0.2, 0.25) is 0 Å². The summed E-state index contributed by atoms with van der Waals surface area (Å²) in [5.74, 6) is -0.0824. The van der Waals surface area contributed by atoms with E-state index in [-0.39, 0.29) is 23.5 Å². The average Bonchev–Trinajstić information content (AvgIpc) is 2.95. The van der Waals surface area contributed by atoms with Gasteiger partial charge in [-0.15, -0.1) is 0 Å². The molecule has 2 heterocycles. The first-order valence-corrected chi connectivity index (χ1v) is 8.62. The Kier molecular flexibility index (Phi) is 5.22. The Balaban J connectivity index is 1.72. The van der Waals surface area contributed by atoms with Gasteiger partial charge in [-0.05, 0) is 26.2 Å². The molecule has 7 heteroatoms. The van der Waals surface area contributed by atoms with Gasteiger partial charge in [0.2, 0.25) is 0 Å². The third-order valence-electron chi connectivity index (χ3n) is 5.31. The van der Waals surface area contributed by atoms with Crippen LogP contribution in [0.15, 0.2) is 6.20 Å². The molecule has 0 bridgehead atoms. The second kappa shape index (κ2) is 7.21. The highest BCUT2D eigenvalue weighted by Gasteiger charge is 2.56. The Labute approximate surface area is 142 Å². The summed E-state index contributed by atoms with van der Waals surface area (Å²) < 4.78 is 18.2. The number of methoxy groups -OCH3 is 1. The smallest absolute Gasteiger partial charge is 0.255 e. The highest BCUT2D eigenvalue weighted by atomic mass is 16.5. The molecule has 2 aliphatic rings. The minimum atomic E-state index is -0.0824. The van der Waals surface area contributed by atoms with Crippen LogP contribution in [0.25, 0.3) is 0 Å². The molecule has 1 aliphatic carbocycles. The lowest BCUT2D eigenvalue weighted by molar-refractivity contribution is -0.170. The van der Waals surface area contributed by atoms with Crippen LogP contribution >= 0.6 is 0 Å². The van der Waals surface area contributed by atoms with Gasteiger partial charge < -0.3 is 19.5 Å².